The molecular formula is C20H18ClNO4. The van der Waals surface area contributed by atoms with Crippen LogP contribution < -0.4 is 9.47 Å². The van der Waals surface area contributed by atoms with E-state index >= 15 is 0 Å². The Morgan fingerprint density at radius 3 is 2.73 bits per heavy atom. The van der Waals surface area contributed by atoms with Crippen LogP contribution in [0.2, 0.25) is 5.02 Å². The average molecular weight is 372 g/mol. The first-order chi connectivity index (χ1) is 12.6. The SMILES string of the molecule is COc1cccc(CCC2=N/C(=C/c3cc(Cl)ccc3OC)C(=O)O2)c1. The van der Waals surface area contributed by atoms with Crippen LogP contribution >= 0.6 is 11.6 Å². The molecule has 6 heteroatoms. The number of rotatable bonds is 6. The zero-order valence-electron chi connectivity index (χ0n) is 14.5. The topological polar surface area (TPSA) is 57.1 Å². The monoisotopic (exact) mass is 371 g/mol. The fraction of sp³-hybridized carbons (Fsp3) is 0.200. The lowest BCUT2D eigenvalue weighted by Crippen LogP contribution is -2.05. The van der Waals surface area contributed by atoms with Gasteiger partial charge < -0.3 is 14.2 Å². The summed E-state index contributed by atoms with van der Waals surface area (Å²) in [7, 11) is 3.18. The van der Waals surface area contributed by atoms with Crippen LogP contribution in [-0.4, -0.2) is 26.1 Å². The molecule has 0 fully saturated rings. The molecule has 1 heterocycles. The van der Waals surface area contributed by atoms with E-state index in [1.807, 2.05) is 24.3 Å². The number of benzene rings is 2. The molecule has 0 radical (unpaired) electrons. The van der Waals surface area contributed by atoms with Gasteiger partial charge in [-0.2, -0.15) is 0 Å². The van der Waals surface area contributed by atoms with E-state index in [2.05, 4.69) is 4.99 Å². The summed E-state index contributed by atoms with van der Waals surface area (Å²) in [4.78, 5) is 16.4. The minimum absolute atomic E-state index is 0.228. The van der Waals surface area contributed by atoms with Crippen LogP contribution in [0.1, 0.15) is 17.5 Å². The Morgan fingerprint density at radius 2 is 1.96 bits per heavy atom. The molecule has 5 nitrogen and oxygen atoms in total. The maximum Gasteiger partial charge on any atom is 0.363 e. The molecule has 134 valence electrons. The van der Waals surface area contributed by atoms with E-state index < -0.39 is 5.97 Å². The predicted octanol–water partition coefficient (Wildman–Crippen LogP) is 4.29. The van der Waals surface area contributed by atoms with Gasteiger partial charge in [-0.1, -0.05) is 23.7 Å². The molecule has 0 aromatic heterocycles. The highest BCUT2D eigenvalue weighted by Gasteiger charge is 2.23. The molecule has 2 aromatic rings. The van der Waals surface area contributed by atoms with E-state index in [1.54, 1.807) is 38.5 Å². The van der Waals surface area contributed by atoms with Crippen LogP contribution in [0.4, 0.5) is 0 Å². The van der Waals surface area contributed by atoms with Crippen molar-refractivity contribution >= 4 is 29.5 Å². The molecule has 0 saturated heterocycles. The van der Waals surface area contributed by atoms with Gasteiger partial charge in [-0.3, -0.25) is 0 Å². The molecule has 0 spiro atoms. The molecule has 0 amide bonds. The molecule has 1 aliphatic rings. The highest BCUT2D eigenvalue weighted by atomic mass is 35.5. The van der Waals surface area contributed by atoms with Crippen molar-refractivity contribution in [1.29, 1.82) is 0 Å². The summed E-state index contributed by atoms with van der Waals surface area (Å²) in [5.41, 5.74) is 1.98. The lowest BCUT2D eigenvalue weighted by atomic mass is 10.1. The van der Waals surface area contributed by atoms with Gasteiger partial charge in [0.15, 0.2) is 11.6 Å². The van der Waals surface area contributed by atoms with Crippen LogP contribution in [0, 0.1) is 0 Å². The normalized spacial score (nSPS) is 15.0. The lowest BCUT2D eigenvalue weighted by molar-refractivity contribution is -0.130. The van der Waals surface area contributed by atoms with Gasteiger partial charge in [0.1, 0.15) is 11.5 Å². The molecule has 1 aliphatic heterocycles. The minimum atomic E-state index is -0.479. The summed E-state index contributed by atoms with van der Waals surface area (Å²) < 4.78 is 15.8. The Morgan fingerprint density at radius 1 is 1.12 bits per heavy atom. The fourth-order valence-electron chi connectivity index (χ4n) is 2.60. The van der Waals surface area contributed by atoms with Crippen LogP contribution in [0.15, 0.2) is 53.2 Å². The Balaban J connectivity index is 1.75. The van der Waals surface area contributed by atoms with Crippen molar-refractivity contribution in [3.8, 4) is 11.5 Å². The second kappa shape index (κ2) is 8.06. The number of aliphatic imine (C=N–C) groups is 1. The Bertz CT molecular complexity index is 889. The Labute approximate surface area is 156 Å². The number of esters is 1. The third-order valence-corrected chi connectivity index (χ3v) is 4.15. The van der Waals surface area contributed by atoms with Crippen molar-refractivity contribution in [2.75, 3.05) is 14.2 Å². The quantitative estimate of drug-likeness (QED) is 0.561. The number of hydrogen-bond donors (Lipinski definition) is 0. The van der Waals surface area contributed by atoms with E-state index in [0.29, 0.717) is 35.1 Å². The van der Waals surface area contributed by atoms with Crippen molar-refractivity contribution in [3.05, 3.63) is 64.3 Å². The largest absolute Gasteiger partial charge is 0.497 e. The molecule has 26 heavy (non-hydrogen) atoms. The smallest absolute Gasteiger partial charge is 0.363 e. The van der Waals surface area contributed by atoms with E-state index in [1.165, 1.54) is 0 Å². The number of methoxy groups -OCH3 is 2. The molecule has 0 saturated carbocycles. The first-order valence-electron chi connectivity index (χ1n) is 8.07. The zero-order chi connectivity index (χ0) is 18.5. The second-order valence-electron chi connectivity index (χ2n) is 5.66. The average Bonchev–Trinajstić information content (AvgIpc) is 3.00. The van der Waals surface area contributed by atoms with Crippen molar-refractivity contribution < 1.29 is 19.0 Å². The van der Waals surface area contributed by atoms with Gasteiger partial charge in [0.25, 0.3) is 0 Å². The van der Waals surface area contributed by atoms with Gasteiger partial charge in [0.05, 0.1) is 14.2 Å². The maximum absolute atomic E-state index is 12.1. The lowest BCUT2D eigenvalue weighted by Gasteiger charge is -2.04. The van der Waals surface area contributed by atoms with E-state index in [4.69, 9.17) is 25.8 Å². The predicted molar refractivity (Wildman–Crippen MR) is 101 cm³/mol. The van der Waals surface area contributed by atoms with E-state index in [9.17, 15) is 4.79 Å². The molecule has 0 N–H and O–H groups in total. The second-order valence-corrected chi connectivity index (χ2v) is 6.10. The standard InChI is InChI=1S/C20H18ClNO4/c1-24-16-5-3-4-13(10-16)6-9-19-22-17(20(23)26-19)12-14-11-15(21)7-8-18(14)25-2/h3-5,7-8,10-12H,6,9H2,1-2H3/b17-12+. The Hall–Kier alpha value is -2.79. The summed E-state index contributed by atoms with van der Waals surface area (Å²) in [6.07, 6.45) is 2.82. The molecule has 0 bridgehead atoms. The summed E-state index contributed by atoms with van der Waals surface area (Å²) >= 11 is 6.02. The van der Waals surface area contributed by atoms with Crippen molar-refractivity contribution in [1.82, 2.24) is 0 Å². The zero-order valence-corrected chi connectivity index (χ0v) is 15.2. The maximum atomic E-state index is 12.1. The third kappa shape index (κ3) is 4.24. The number of nitrogens with zero attached hydrogens (tertiary/aromatic N) is 1. The van der Waals surface area contributed by atoms with Crippen molar-refractivity contribution in [2.45, 2.75) is 12.8 Å². The molecule has 0 aliphatic carbocycles. The number of carbonyl (C=O) groups excluding carboxylic acids is 1. The van der Waals surface area contributed by atoms with E-state index in [-0.39, 0.29) is 5.70 Å². The van der Waals surface area contributed by atoms with Crippen LogP contribution in [0.5, 0.6) is 11.5 Å². The summed E-state index contributed by atoms with van der Waals surface area (Å²) in [6.45, 7) is 0. The summed E-state index contributed by atoms with van der Waals surface area (Å²) in [5.74, 6) is 1.31. The molecule has 0 unspecified atom stereocenters. The summed E-state index contributed by atoms with van der Waals surface area (Å²) in [5, 5.41) is 0.547. The highest BCUT2D eigenvalue weighted by molar-refractivity contribution is 6.30. The molecular weight excluding hydrogens is 354 g/mol. The van der Waals surface area contributed by atoms with Gasteiger partial charge >= 0.3 is 5.97 Å². The molecule has 0 atom stereocenters. The first kappa shape index (κ1) is 18.0. The van der Waals surface area contributed by atoms with Gasteiger partial charge in [-0.25, -0.2) is 9.79 Å². The number of hydrogen-bond acceptors (Lipinski definition) is 5. The molecule has 2 aromatic carbocycles. The third-order valence-electron chi connectivity index (χ3n) is 3.91. The van der Waals surface area contributed by atoms with Crippen molar-refractivity contribution in [2.24, 2.45) is 4.99 Å². The van der Waals surface area contributed by atoms with Crippen LogP contribution in [0.3, 0.4) is 0 Å². The number of ether oxygens (including phenoxy) is 3. The van der Waals surface area contributed by atoms with E-state index in [0.717, 1.165) is 11.3 Å². The van der Waals surface area contributed by atoms with Gasteiger partial charge in [-0.15, -0.1) is 0 Å². The molecule has 3 rings (SSSR count). The first-order valence-corrected chi connectivity index (χ1v) is 8.45. The Kier molecular flexibility index (Phi) is 5.58. The number of halogens is 1. The van der Waals surface area contributed by atoms with Gasteiger partial charge in [0.2, 0.25) is 0 Å². The van der Waals surface area contributed by atoms with Crippen LogP contribution in [-0.2, 0) is 16.0 Å². The fourth-order valence-corrected chi connectivity index (χ4v) is 2.79. The number of carbonyl (C=O) groups is 1. The van der Waals surface area contributed by atoms with Crippen LogP contribution in [0.25, 0.3) is 6.08 Å². The summed E-state index contributed by atoms with van der Waals surface area (Å²) in [6, 6.07) is 12.9. The van der Waals surface area contributed by atoms with Gasteiger partial charge in [0, 0.05) is 17.0 Å². The minimum Gasteiger partial charge on any atom is -0.497 e. The van der Waals surface area contributed by atoms with Gasteiger partial charge in [-0.05, 0) is 48.4 Å². The number of cyclic esters (lactones) is 1. The number of aryl methyl sites for hydroxylation is 1. The highest BCUT2D eigenvalue weighted by Crippen LogP contribution is 2.27. The van der Waals surface area contributed by atoms with Crippen molar-refractivity contribution in [3.63, 3.8) is 0 Å².